The second-order valence-corrected chi connectivity index (χ2v) is 8.02. The lowest BCUT2D eigenvalue weighted by molar-refractivity contribution is -0.144. The van der Waals surface area contributed by atoms with Crippen molar-refractivity contribution >= 4 is 12.0 Å². The summed E-state index contributed by atoms with van der Waals surface area (Å²) in [6.07, 6.45) is 3.79. The highest BCUT2D eigenvalue weighted by Crippen LogP contribution is 2.42. The minimum Gasteiger partial charge on any atom is -0.493 e. The second kappa shape index (κ2) is 10.1. The number of aliphatic carboxylic acids is 1. The summed E-state index contributed by atoms with van der Waals surface area (Å²) in [7, 11) is 3.08. The summed E-state index contributed by atoms with van der Waals surface area (Å²) in [4.78, 5) is 14.3. The molecule has 34 heavy (non-hydrogen) atoms. The van der Waals surface area contributed by atoms with Gasteiger partial charge in [-0.2, -0.15) is 0 Å². The summed E-state index contributed by atoms with van der Waals surface area (Å²) >= 11 is 0. The first-order valence-electron chi connectivity index (χ1n) is 10.8. The van der Waals surface area contributed by atoms with Crippen LogP contribution in [0.5, 0.6) is 11.5 Å². The number of halogens is 2. The fourth-order valence-corrected chi connectivity index (χ4v) is 4.45. The van der Waals surface area contributed by atoms with Crippen molar-refractivity contribution in [3.05, 3.63) is 101 Å². The molecule has 5 nitrogen and oxygen atoms in total. The number of fused-ring (bicyclic) bond motifs is 1. The van der Waals surface area contributed by atoms with Gasteiger partial charge >= 0.3 is 5.97 Å². The van der Waals surface area contributed by atoms with Crippen molar-refractivity contribution in [1.29, 1.82) is 0 Å². The Morgan fingerprint density at radius 1 is 1.06 bits per heavy atom. The quantitative estimate of drug-likeness (QED) is 0.505. The van der Waals surface area contributed by atoms with Gasteiger partial charge in [0.2, 0.25) is 0 Å². The minimum absolute atomic E-state index is 0.0825. The van der Waals surface area contributed by atoms with Crippen LogP contribution in [0.2, 0.25) is 0 Å². The van der Waals surface area contributed by atoms with Crippen molar-refractivity contribution < 1.29 is 28.2 Å². The summed E-state index contributed by atoms with van der Waals surface area (Å²) < 4.78 is 39.0. The molecule has 4 rings (SSSR count). The Morgan fingerprint density at radius 2 is 1.76 bits per heavy atom. The van der Waals surface area contributed by atoms with Crippen LogP contribution in [-0.2, 0) is 11.2 Å². The Labute approximate surface area is 196 Å². The highest BCUT2D eigenvalue weighted by Gasteiger charge is 2.36. The first-order chi connectivity index (χ1) is 16.4. The van der Waals surface area contributed by atoms with Gasteiger partial charge in [-0.05, 0) is 53.4 Å². The van der Waals surface area contributed by atoms with Crippen LogP contribution in [0.1, 0.15) is 34.3 Å². The van der Waals surface area contributed by atoms with Crippen LogP contribution < -0.4 is 9.47 Å². The van der Waals surface area contributed by atoms with E-state index in [0.717, 1.165) is 29.3 Å². The third kappa shape index (κ3) is 4.65. The molecule has 3 aromatic carbocycles. The number of rotatable bonds is 7. The van der Waals surface area contributed by atoms with E-state index in [9.17, 15) is 18.7 Å². The zero-order chi connectivity index (χ0) is 24.2. The number of hydrogen-bond donors (Lipinski definition) is 1. The number of carbonyl (C=O) groups is 1. The largest absolute Gasteiger partial charge is 0.493 e. The highest BCUT2D eigenvalue weighted by molar-refractivity contribution is 5.76. The van der Waals surface area contributed by atoms with Gasteiger partial charge in [0.1, 0.15) is 17.7 Å². The molecule has 0 spiro atoms. The average molecular weight is 465 g/mol. The topological polar surface area (TPSA) is 59.0 Å². The summed E-state index contributed by atoms with van der Waals surface area (Å²) in [5.41, 5.74) is 2.51. The van der Waals surface area contributed by atoms with Crippen LogP contribution in [0.3, 0.4) is 0 Å². The van der Waals surface area contributed by atoms with Crippen LogP contribution >= 0.6 is 0 Å². The molecule has 1 N–H and O–H groups in total. The van der Waals surface area contributed by atoms with Gasteiger partial charge in [0.05, 0.1) is 20.3 Å². The molecular weight excluding hydrogens is 440 g/mol. The molecule has 0 amide bonds. The van der Waals surface area contributed by atoms with Gasteiger partial charge in [0, 0.05) is 12.1 Å². The molecule has 0 saturated heterocycles. The Kier molecular flexibility index (Phi) is 6.93. The van der Waals surface area contributed by atoms with E-state index < -0.39 is 29.7 Å². The number of ether oxygens (including phenoxy) is 2. The smallest absolute Gasteiger partial charge is 0.325 e. The fraction of sp³-hybridized carbons (Fsp3) is 0.222. The van der Waals surface area contributed by atoms with Gasteiger partial charge in [-0.1, -0.05) is 42.5 Å². The maximum Gasteiger partial charge on any atom is 0.325 e. The van der Waals surface area contributed by atoms with E-state index in [1.165, 1.54) is 13.2 Å². The van der Waals surface area contributed by atoms with Crippen LogP contribution in [0.25, 0.3) is 6.08 Å². The predicted molar refractivity (Wildman–Crippen MR) is 125 cm³/mol. The van der Waals surface area contributed by atoms with Crippen LogP contribution in [0, 0.1) is 11.6 Å². The van der Waals surface area contributed by atoms with E-state index in [-0.39, 0.29) is 5.56 Å². The average Bonchev–Trinajstić information content (AvgIpc) is 2.84. The summed E-state index contributed by atoms with van der Waals surface area (Å²) in [6.45, 7) is 0.439. The number of benzene rings is 3. The number of carboxylic acids is 1. The standard InChI is InChI=1S/C27H25F2NO4/c1-33-24-15-18-12-13-30(26(27(31)32)17-6-4-3-5-7-17)23(21(18)16-25(24)34-2)11-8-19-14-20(28)9-10-22(19)29/h3-11,14-16,23,26H,12-13H2,1-2H3,(H,31,32)/b11-8+. The third-order valence-electron chi connectivity index (χ3n) is 6.06. The number of hydrogen-bond acceptors (Lipinski definition) is 4. The first kappa shape index (κ1) is 23.4. The fourth-order valence-electron chi connectivity index (χ4n) is 4.45. The highest BCUT2D eigenvalue weighted by atomic mass is 19.1. The molecule has 3 aromatic rings. The van der Waals surface area contributed by atoms with E-state index >= 15 is 0 Å². The number of nitrogens with zero attached hydrogens (tertiary/aromatic N) is 1. The number of methoxy groups -OCH3 is 2. The maximum atomic E-state index is 14.3. The molecular formula is C27H25F2NO4. The molecule has 0 fully saturated rings. The SMILES string of the molecule is COc1cc2c(cc1OC)C(/C=C/c1cc(F)ccc1F)N(C(C(=O)O)c1ccccc1)CC2. The maximum absolute atomic E-state index is 14.3. The summed E-state index contributed by atoms with van der Waals surface area (Å²) in [5.74, 6) is -1.03. The molecule has 1 heterocycles. The Bertz CT molecular complexity index is 1210. The molecule has 176 valence electrons. The lowest BCUT2D eigenvalue weighted by Gasteiger charge is -2.40. The third-order valence-corrected chi connectivity index (χ3v) is 6.06. The molecule has 0 radical (unpaired) electrons. The lowest BCUT2D eigenvalue weighted by Crippen LogP contribution is -2.41. The molecule has 0 aromatic heterocycles. The van der Waals surface area contributed by atoms with Crippen molar-refractivity contribution in [1.82, 2.24) is 4.90 Å². The molecule has 2 unspecified atom stereocenters. The first-order valence-corrected chi connectivity index (χ1v) is 10.8. The van der Waals surface area contributed by atoms with Gasteiger partial charge in [0.25, 0.3) is 0 Å². The predicted octanol–water partition coefficient (Wildman–Crippen LogP) is 5.42. The van der Waals surface area contributed by atoms with Crippen molar-refractivity contribution in [2.24, 2.45) is 0 Å². The van der Waals surface area contributed by atoms with Crippen molar-refractivity contribution in [2.45, 2.75) is 18.5 Å². The van der Waals surface area contributed by atoms with Gasteiger partial charge in [0.15, 0.2) is 11.5 Å². The van der Waals surface area contributed by atoms with Gasteiger partial charge in [-0.3, -0.25) is 9.69 Å². The summed E-state index contributed by atoms with van der Waals surface area (Å²) in [5, 5.41) is 10.2. The lowest BCUT2D eigenvalue weighted by atomic mass is 9.88. The van der Waals surface area contributed by atoms with E-state index in [4.69, 9.17) is 9.47 Å². The Balaban J connectivity index is 1.85. The molecule has 2 atom stereocenters. The van der Waals surface area contributed by atoms with Crippen LogP contribution in [0.15, 0.2) is 66.7 Å². The normalized spacial score (nSPS) is 16.8. The molecule has 0 saturated carbocycles. The zero-order valence-electron chi connectivity index (χ0n) is 18.9. The van der Waals surface area contributed by atoms with Crippen LogP contribution in [-0.4, -0.2) is 36.7 Å². The van der Waals surface area contributed by atoms with Gasteiger partial charge < -0.3 is 14.6 Å². The monoisotopic (exact) mass is 465 g/mol. The van der Waals surface area contributed by atoms with Gasteiger partial charge in [-0.25, -0.2) is 8.78 Å². The van der Waals surface area contributed by atoms with E-state index in [2.05, 4.69) is 0 Å². The molecule has 7 heteroatoms. The molecule has 1 aliphatic heterocycles. The number of carboxylic acid groups (broad SMARTS) is 1. The van der Waals surface area contributed by atoms with Crippen molar-refractivity contribution in [3.8, 4) is 11.5 Å². The molecule has 0 aliphatic carbocycles. The summed E-state index contributed by atoms with van der Waals surface area (Å²) in [6, 6.07) is 14.4. The van der Waals surface area contributed by atoms with Crippen molar-refractivity contribution in [2.75, 3.05) is 20.8 Å². The van der Waals surface area contributed by atoms with E-state index in [1.807, 2.05) is 23.1 Å². The minimum atomic E-state index is -0.995. The molecule has 1 aliphatic rings. The Hall–Kier alpha value is -3.71. The Morgan fingerprint density at radius 3 is 2.44 bits per heavy atom. The van der Waals surface area contributed by atoms with Crippen molar-refractivity contribution in [3.63, 3.8) is 0 Å². The van der Waals surface area contributed by atoms with E-state index in [0.29, 0.717) is 30.0 Å². The van der Waals surface area contributed by atoms with Gasteiger partial charge in [-0.15, -0.1) is 0 Å². The van der Waals surface area contributed by atoms with Crippen LogP contribution in [0.4, 0.5) is 8.78 Å². The zero-order valence-corrected chi connectivity index (χ0v) is 18.9. The second-order valence-electron chi connectivity index (χ2n) is 8.02. The molecule has 0 bridgehead atoms. The van der Waals surface area contributed by atoms with E-state index in [1.54, 1.807) is 37.5 Å².